The van der Waals surface area contributed by atoms with Gasteiger partial charge in [-0.25, -0.2) is 9.18 Å². The Balaban J connectivity index is 2.67. The van der Waals surface area contributed by atoms with Gasteiger partial charge in [0.05, 0.1) is 6.61 Å². The number of hydrogen-bond donors (Lipinski definition) is 1. The summed E-state index contributed by atoms with van der Waals surface area (Å²) in [5, 5.41) is 8.49. The van der Waals surface area contributed by atoms with Crippen molar-refractivity contribution >= 4 is 12.0 Å². The van der Waals surface area contributed by atoms with Crippen molar-refractivity contribution in [1.82, 2.24) is 0 Å². The number of aliphatic carboxylic acids is 1. The van der Waals surface area contributed by atoms with Crippen LogP contribution in [0, 0.1) is 5.82 Å². The molecule has 0 saturated carbocycles. The van der Waals surface area contributed by atoms with Gasteiger partial charge in [0, 0.05) is 18.1 Å². The molecule has 0 spiro atoms. The van der Waals surface area contributed by atoms with Gasteiger partial charge >= 0.3 is 12.1 Å². The number of ether oxygens (including phenoxy) is 1. The lowest BCUT2D eigenvalue weighted by Gasteiger charge is -2.10. The molecule has 0 aliphatic heterocycles. The minimum atomic E-state index is -4.25. The van der Waals surface area contributed by atoms with E-state index in [0.29, 0.717) is 0 Å². The highest BCUT2D eigenvalue weighted by atomic mass is 19.4. The highest BCUT2D eigenvalue weighted by molar-refractivity contribution is 5.85. The molecule has 3 nitrogen and oxygen atoms in total. The molecule has 0 aliphatic carbocycles. The second kappa shape index (κ2) is 6.93. The molecule has 0 amide bonds. The van der Waals surface area contributed by atoms with E-state index in [1.54, 1.807) is 0 Å². The van der Waals surface area contributed by atoms with Crippen LogP contribution < -0.4 is 4.74 Å². The topological polar surface area (TPSA) is 46.5 Å². The molecule has 1 rings (SSSR count). The maximum atomic E-state index is 13.0. The fourth-order valence-corrected chi connectivity index (χ4v) is 1.40. The minimum Gasteiger partial charge on any atom is -0.493 e. The van der Waals surface area contributed by atoms with Crippen LogP contribution in [0.25, 0.3) is 6.08 Å². The van der Waals surface area contributed by atoms with Crippen molar-refractivity contribution in [3.63, 3.8) is 0 Å². The average Bonchev–Trinajstić information content (AvgIpc) is 2.32. The van der Waals surface area contributed by atoms with E-state index >= 15 is 0 Å². The Morgan fingerprint density at radius 2 is 2.05 bits per heavy atom. The Kier molecular flexibility index (Phi) is 5.54. The summed E-state index contributed by atoms with van der Waals surface area (Å²) in [6, 6.07) is 3.36. The molecule has 0 bridgehead atoms. The third-order valence-electron chi connectivity index (χ3n) is 2.24. The Bertz CT molecular complexity index is 495. The zero-order valence-electron chi connectivity index (χ0n) is 10.3. The first-order valence-electron chi connectivity index (χ1n) is 5.68. The van der Waals surface area contributed by atoms with E-state index in [-0.39, 0.29) is 24.3 Å². The third-order valence-corrected chi connectivity index (χ3v) is 2.24. The third kappa shape index (κ3) is 6.21. The van der Waals surface area contributed by atoms with Crippen molar-refractivity contribution < 1.29 is 32.2 Å². The van der Waals surface area contributed by atoms with Crippen LogP contribution in [0.2, 0.25) is 0 Å². The van der Waals surface area contributed by atoms with Gasteiger partial charge < -0.3 is 9.84 Å². The molecule has 7 heteroatoms. The van der Waals surface area contributed by atoms with E-state index in [9.17, 15) is 22.4 Å². The van der Waals surface area contributed by atoms with Crippen LogP contribution in [-0.2, 0) is 4.79 Å². The van der Waals surface area contributed by atoms with Crippen molar-refractivity contribution in [3.05, 3.63) is 35.7 Å². The Labute approximate surface area is 112 Å². The lowest BCUT2D eigenvalue weighted by Crippen LogP contribution is -2.10. The molecule has 1 aromatic rings. The average molecular weight is 292 g/mol. The van der Waals surface area contributed by atoms with E-state index in [4.69, 9.17) is 9.84 Å². The summed E-state index contributed by atoms with van der Waals surface area (Å²) in [4.78, 5) is 10.4. The first-order chi connectivity index (χ1) is 9.28. The molecule has 0 aliphatic rings. The molecule has 0 radical (unpaired) electrons. The van der Waals surface area contributed by atoms with Gasteiger partial charge in [-0.15, -0.1) is 0 Å². The summed E-state index contributed by atoms with van der Waals surface area (Å²) >= 11 is 0. The van der Waals surface area contributed by atoms with Crippen molar-refractivity contribution in [3.8, 4) is 5.75 Å². The normalized spacial score (nSPS) is 11.8. The molecule has 0 heterocycles. The van der Waals surface area contributed by atoms with Gasteiger partial charge in [-0.05, 0) is 30.7 Å². The van der Waals surface area contributed by atoms with Crippen molar-refractivity contribution in [2.75, 3.05) is 6.61 Å². The number of halogens is 4. The molecule has 0 fully saturated rings. The molecule has 1 aromatic carbocycles. The van der Waals surface area contributed by atoms with E-state index < -0.39 is 24.4 Å². The van der Waals surface area contributed by atoms with Crippen molar-refractivity contribution in [2.45, 2.75) is 19.0 Å². The van der Waals surface area contributed by atoms with Gasteiger partial charge in [0.2, 0.25) is 0 Å². The second-order valence-electron chi connectivity index (χ2n) is 3.92. The van der Waals surface area contributed by atoms with Crippen LogP contribution in [0.1, 0.15) is 18.4 Å². The summed E-state index contributed by atoms with van der Waals surface area (Å²) in [6.45, 7) is -0.195. The maximum absolute atomic E-state index is 13.0. The number of benzene rings is 1. The van der Waals surface area contributed by atoms with Gasteiger partial charge in [-0.2, -0.15) is 13.2 Å². The molecule has 110 valence electrons. The maximum Gasteiger partial charge on any atom is 0.389 e. The fourth-order valence-electron chi connectivity index (χ4n) is 1.40. The molecular weight excluding hydrogens is 280 g/mol. The number of rotatable bonds is 6. The van der Waals surface area contributed by atoms with Crippen LogP contribution in [0.15, 0.2) is 24.3 Å². The van der Waals surface area contributed by atoms with Gasteiger partial charge in [0.15, 0.2) is 0 Å². The summed E-state index contributed by atoms with van der Waals surface area (Å²) < 4.78 is 54.0. The highest BCUT2D eigenvalue weighted by Gasteiger charge is 2.26. The number of carboxylic acids is 1. The number of carboxylic acid groups (broad SMARTS) is 1. The molecule has 0 saturated heterocycles. The Hall–Kier alpha value is -2.05. The van der Waals surface area contributed by atoms with E-state index in [1.165, 1.54) is 6.07 Å². The van der Waals surface area contributed by atoms with Gasteiger partial charge in [-0.1, -0.05) is 0 Å². The largest absolute Gasteiger partial charge is 0.493 e. The van der Waals surface area contributed by atoms with Gasteiger partial charge in [0.1, 0.15) is 11.6 Å². The predicted molar refractivity (Wildman–Crippen MR) is 63.9 cm³/mol. The fraction of sp³-hybridized carbons (Fsp3) is 0.308. The zero-order chi connectivity index (χ0) is 15.2. The van der Waals surface area contributed by atoms with Crippen molar-refractivity contribution in [1.29, 1.82) is 0 Å². The van der Waals surface area contributed by atoms with Crippen LogP contribution in [0.4, 0.5) is 17.6 Å². The number of carbonyl (C=O) groups is 1. The van der Waals surface area contributed by atoms with Crippen LogP contribution in [0.5, 0.6) is 5.75 Å². The van der Waals surface area contributed by atoms with E-state index in [1.807, 2.05) is 0 Å². The Morgan fingerprint density at radius 3 is 2.65 bits per heavy atom. The lowest BCUT2D eigenvalue weighted by molar-refractivity contribution is -0.136. The minimum absolute atomic E-state index is 0.131. The standard InChI is InChI=1S/C13H12F4O3/c14-10-3-4-11(9(8-10)2-5-12(18)19)20-7-1-6-13(15,16)17/h2-5,8H,1,6-7H2,(H,18,19)/b5-2+. The summed E-state index contributed by atoms with van der Waals surface area (Å²) in [5.41, 5.74) is 0.152. The monoisotopic (exact) mass is 292 g/mol. The van der Waals surface area contributed by atoms with E-state index in [2.05, 4.69) is 0 Å². The molecule has 0 unspecified atom stereocenters. The number of hydrogen-bond acceptors (Lipinski definition) is 2. The zero-order valence-corrected chi connectivity index (χ0v) is 10.3. The molecule has 20 heavy (non-hydrogen) atoms. The first kappa shape index (κ1) is 16.0. The smallest absolute Gasteiger partial charge is 0.389 e. The van der Waals surface area contributed by atoms with Crippen molar-refractivity contribution in [2.24, 2.45) is 0 Å². The van der Waals surface area contributed by atoms with Gasteiger partial charge in [-0.3, -0.25) is 0 Å². The SMILES string of the molecule is O=C(O)/C=C/c1cc(F)ccc1OCCCC(F)(F)F. The highest BCUT2D eigenvalue weighted by Crippen LogP contribution is 2.24. The van der Waals surface area contributed by atoms with Crippen LogP contribution in [-0.4, -0.2) is 23.9 Å². The van der Waals surface area contributed by atoms with Crippen LogP contribution >= 0.6 is 0 Å². The van der Waals surface area contributed by atoms with Crippen LogP contribution in [0.3, 0.4) is 0 Å². The summed E-state index contributed by atoms with van der Waals surface area (Å²) in [6.07, 6.45) is -3.56. The first-order valence-corrected chi connectivity index (χ1v) is 5.68. The molecule has 1 N–H and O–H groups in total. The molecule has 0 aromatic heterocycles. The summed E-state index contributed by atoms with van der Waals surface area (Å²) in [5.74, 6) is -1.69. The summed E-state index contributed by atoms with van der Waals surface area (Å²) in [7, 11) is 0. The Morgan fingerprint density at radius 1 is 1.35 bits per heavy atom. The van der Waals surface area contributed by atoms with E-state index in [0.717, 1.165) is 24.3 Å². The van der Waals surface area contributed by atoms with Gasteiger partial charge in [0.25, 0.3) is 0 Å². The number of alkyl halides is 3. The predicted octanol–water partition coefficient (Wildman–Crippen LogP) is 3.64. The lowest BCUT2D eigenvalue weighted by atomic mass is 10.2. The molecular formula is C13H12F4O3. The quantitative estimate of drug-likeness (QED) is 0.494. The molecule has 0 atom stereocenters. The second-order valence-corrected chi connectivity index (χ2v) is 3.92.